The average Bonchev–Trinajstić information content (AvgIpc) is 2.46. The molecule has 1 amide bonds. The maximum atomic E-state index is 12.7. The average molecular weight is 295 g/mol. The molecule has 4 nitrogen and oxygen atoms in total. The summed E-state index contributed by atoms with van der Waals surface area (Å²) in [4.78, 5) is 25.9. The van der Waals surface area contributed by atoms with Crippen molar-refractivity contribution in [1.29, 1.82) is 0 Å². The fraction of sp³-hybridized carbons (Fsp3) is 0.882. The third-order valence-corrected chi connectivity index (χ3v) is 5.59. The standard InChI is InChI=1S/C17H29NO3/c1-12(2)13-5-7-14(8-6-13)15(19)18-10-4-9-17(3,11-18)16(20)21/h12-14H,4-11H2,1-3H3,(H,20,21). The second-order valence-electron chi connectivity index (χ2n) is 7.58. The van der Waals surface area contributed by atoms with Gasteiger partial charge in [0.2, 0.25) is 5.91 Å². The van der Waals surface area contributed by atoms with Gasteiger partial charge < -0.3 is 10.0 Å². The van der Waals surface area contributed by atoms with Crippen LogP contribution in [-0.2, 0) is 9.59 Å². The number of carbonyl (C=O) groups is 2. The van der Waals surface area contributed by atoms with Crippen LogP contribution in [0.3, 0.4) is 0 Å². The highest BCUT2D eigenvalue weighted by molar-refractivity contribution is 5.81. The molecule has 0 aromatic carbocycles. The lowest BCUT2D eigenvalue weighted by atomic mass is 9.76. The zero-order chi connectivity index (χ0) is 15.6. The Kier molecular flexibility index (Phi) is 4.95. The SMILES string of the molecule is CC(C)C1CCC(C(=O)N2CCCC(C)(C(=O)O)C2)CC1. The Morgan fingerprint density at radius 2 is 1.81 bits per heavy atom. The molecule has 0 aromatic heterocycles. The topological polar surface area (TPSA) is 57.6 Å². The van der Waals surface area contributed by atoms with E-state index in [0.717, 1.165) is 44.6 Å². The van der Waals surface area contributed by atoms with Gasteiger partial charge in [-0.15, -0.1) is 0 Å². The lowest BCUT2D eigenvalue weighted by Gasteiger charge is -2.40. The summed E-state index contributed by atoms with van der Waals surface area (Å²) in [6, 6.07) is 0. The smallest absolute Gasteiger partial charge is 0.311 e. The number of hydrogen-bond acceptors (Lipinski definition) is 2. The van der Waals surface area contributed by atoms with Gasteiger partial charge in [0.15, 0.2) is 0 Å². The summed E-state index contributed by atoms with van der Waals surface area (Å²) >= 11 is 0. The molecule has 2 rings (SSSR count). The second-order valence-corrected chi connectivity index (χ2v) is 7.58. The fourth-order valence-corrected chi connectivity index (χ4v) is 3.89. The number of carboxylic acids is 1. The first-order valence-corrected chi connectivity index (χ1v) is 8.35. The monoisotopic (exact) mass is 295 g/mol. The van der Waals surface area contributed by atoms with Gasteiger partial charge in [0, 0.05) is 19.0 Å². The Morgan fingerprint density at radius 1 is 1.19 bits per heavy atom. The molecule has 1 heterocycles. The van der Waals surface area contributed by atoms with Crippen LogP contribution in [0.25, 0.3) is 0 Å². The van der Waals surface area contributed by atoms with E-state index in [1.165, 1.54) is 0 Å². The number of rotatable bonds is 3. The number of likely N-dealkylation sites (tertiary alicyclic amines) is 1. The number of hydrogen-bond donors (Lipinski definition) is 1. The summed E-state index contributed by atoms with van der Waals surface area (Å²) in [6.07, 6.45) is 5.70. The van der Waals surface area contributed by atoms with Gasteiger partial charge in [-0.2, -0.15) is 0 Å². The molecule has 21 heavy (non-hydrogen) atoms. The van der Waals surface area contributed by atoms with Crippen molar-refractivity contribution in [2.45, 2.75) is 59.3 Å². The van der Waals surface area contributed by atoms with Gasteiger partial charge in [-0.05, 0) is 57.3 Å². The number of carbonyl (C=O) groups excluding carboxylic acids is 1. The van der Waals surface area contributed by atoms with E-state index in [0.29, 0.717) is 18.9 Å². The molecule has 4 heteroatoms. The summed E-state index contributed by atoms with van der Waals surface area (Å²) in [5.41, 5.74) is -0.761. The lowest BCUT2D eigenvalue weighted by molar-refractivity contribution is -0.154. The normalized spacial score (nSPS) is 34.0. The number of piperidine rings is 1. The molecule has 120 valence electrons. The maximum Gasteiger partial charge on any atom is 0.311 e. The van der Waals surface area contributed by atoms with E-state index in [2.05, 4.69) is 13.8 Å². The maximum absolute atomic E-state index is 12.7. The molecule has 1 N–H and O–H groups in total. The number of carboxylic acid groups (broad SMARTS) is 1. The van der Waals surface area contributed by atoms with Crippen LogP contribution < -0.4 is 0 Å². The number of aliphatic carboxylic acids is 1. The van der Waals surface area contributed by atoms with Gasteiger partial charge in [0.1, 0.15) is 0 Å². The third-order valence-electron chi connectivity index (χ3n) is 5.59. The second kappa shape index (κ2) is 6.37. The molecule has 0 aromatic rings. The van der Waals surface area contributed by atoms with Crippen LogP contribution in [0.1, 0.15) is 59.3 Å². The molecule has 0 bridgehead atoms. The molecule has 2 fully saturated rings. The lowest BCUT2D eigenvalue weighted by Crippen LogP contribution is -2.50. The highest BCUT2D eigenvalue weighted by Crippen LogP contribution is 2.36. The van der Waals surface area contributed by atoms with Gasteiger partial charge in [-0.3, -0.25) is 9.59 Å². The molecule has 1 saturated heterocycles. The Labute approximate surface area is 127 Å². The summed E-state index contributed by atoms with van der Waals surface area (Å²) < 4.78 is 0. The van der Waals surface area contributed by atoms with Crippen LogP contribution in [-0.4, -0.2) is 35.0 Å². The summed E-state index contributed by atoms with van der Waals surface area (Å²) in [5, 5.41) is 9.37. The highest BCUT2D eigenvalue weighted by atomic mass is 16.4. The molecular formula is C17H29NO3. The molecule has 1 atom stereocenters. The van der Waals surface area contributed by atoms with Crippen LogP contribution in [0.2, 0.25) is 0 Å². The summed E-state index contributed by atoms with van der Waals surface area (Å²) in [6.45, 7) is 7.40. The van der Waals surface area contributed by atoms with Crippen LogP contribution in [0.15, 0.2) is 0 Å². The van der Waals surface area contributed by atoms with Crippen LogP contribution in [0.4, 0.5) is 0 Å². The van der Waals surface area contributed by atoms with Crippen LogP contribution in [0.5, 0.6) is 0 Å². The van der Waals surface area contributed by atoms with E-state index in [1.54, 1.807) is 6.92 Å². The van der Waals surface area contributed by atoms with Crippen molar-refractivity contribution in [3.63, 3.8) is 0 Å². The molecule has 1 saturated carbocycles. The molecule has 1 aliphatic heterocycles. The van der Waals surface area contributed by atoms with E-state index in [4.69, 9.17) is 0 Å². The molecular weight excluding hydrogens is 266 g/mol. The first kappa shape index (κ1) is 16.3. The molecule has 0 radical (unpaired) electrons. The first-order valence-electron chi connectivity index (χ1n) is 8.35. The van der Waals surface area contributed by atoms with E-state index in [-0.39, 0.29) is 11.8 Å². The van der Waals surface area contributed by atoms with E-state index in [9.17, 15) is 14.7 Å². The number of amides is 1. The largest absolute Gasteiger partial charge is 0.481 e. The van der Waals surface area contributed by atoms with Crippen LogP contribution >= 0.6 is 0 Å². The van der Waals surface area contributed by atoms with Crippen molar-refractivity contribution in [3.05, 3.63) is 0 Å². The van der Waals surface area contributed by atoms with Gasteiger partial charge in [0.25, 0.3) is 0 Å². The highest BCUT2D eigenvalue weighted by Gasteiger charge is 2.41. The Morgan fingerprint density at radius 3 is 2.33 bits per heavy atom. The van der Waals surface area contributed by atoms with Gasteiger partial charge in [-0.1, -0.05) is 13.8 Å². The minimum Gasteiger partial charge on any atom is -0.481 e. The predicted molar refractivity (Wildman–Crippen MR) is 81.8 cm³/mol. The van der Waals surface area contributed by atoms with Crippen molar-refractivity contribution in [3.8, 4) is 0 Å². The summed E-state index contributed by atoms with van der Waals surface area (Å²) in [5.74, 6) is 0.995. The third kappa shape index (κ3) is 3.58. The molecule has 0 spiro atoms. The quantitative estimate of drug-likeness (QED) is 0.870. The first-order chi connectivity index (χ1) is 9.83. The van der Waals surface area contributed by atoms with Crippen LogP contribution in [0, 0.1) is 23.2 Å². The van der Waals surface area contributed by atoms with Crippen molar-refractivity contribution < 1.29 is 14.7 Å². The zero-order valence-electron chi connectivity index (χ0n) is 13.6. The Hall–Kier alpha value is -1.06. The van der Waals surface area contributed by atoms with E-state index in [1.807, 2.05) is 4.90 Å². The van der Waals surface area contributed by atoms with E-state index >= 15 is 0 Å². The van der Waals surface area contributed by atoms with Gasteiger partial charge >= 0.3 is 5.97 Å². The van der Waals surface area contributed by atoms with Crippen molar-refractivity contribution in [2.75, 3.05) is 13.1 Å². The Balaban J connectivity index is 1.93. The van der Waals surface area contributed by atoms with Crippen molar-refractivity contribution in [2.24, 2.45) is 23.2 Å². The van der Waals surface area contributed by atoms with Gasteiger partial charge in [-0.25, -0.2) is 0 Å². The van der Waals surface area contributed by atoms with Gasteiger partial charge in [0.05, 0.1) is 5.41 Å². The predicted octanol–water partition coefficient (Wildman–Crippen LogP) is 3.16. The minimum atomic E-state index is -0.775. The molecule has 1 unspecified atom stereocenters. The van der Waals surface area contributed by atoms with E-state index < -0.39 is 11.4 Å². The minimum absolute atomic E-state index is 0.121. The summed E-state index contributed by atoms with van der Waals surface area (Å²) in [7, 11) is 0. The zero-order valence-corrected chi connectivity index (χ0v) is 13.6. The van der Waals surface area contributed by atoms with Crippen molar-refractivity contribution in [1.82, 2.24) is 4.90 Å². The fourth-order valence-electron chi connectivity index (χ4n) is 3.89. The Bertz CT molecular complexity index is 399. The van der Waals surface area contributed by atoms with Crippen molar-refractivity contribution >= 4 is 11.9 Å². The molecule has 2 aliphatic rings. The molecule has 1 aliphatic carbocycles. The number of nitrogens with zero attached hydrogens (tertiary/aromatic N) is 1.